The molecule has 1 aromatic rings. The van der Waals surface area contributed by atoms with Gasteiger partial charge in [0.2, 0.25) is 0 Å². The van der Waals surface area contributed by atoms with E-state index in [1.807, 2.05) is 0 Å². The molecule has 4 heteroatoms. The van der Waals surface area contributed by atoms with E-state index >= 15 is 0 Å². The Balaban J connectivity index is 2.37. The minimum Gasteiger partial charge on any atom is -0.273 e. The zero-order valence-electron chi connectivity index (χ0n) is 8.37. The predicted molar refractivity (Wildman–Crippen MR) is 63.0 cm³/mol. The van der Waals surface area contributed by atoms with E-state index in [1.54, 1.807) is 18.2 Å². The third kappa shape index (κ3) is 1.63. The van der Waals surface area contributed by atoms with Crippen molar-refractivity contribution in [1.82, 2.24) is 4.90 Å². The van der Waals surface area contributed by atoms with Gasteiger partial charge in [-0.15, -0.1) is 12.3 Å². The number of nitrogens with zero attached hydrogens (tertiary/aromatic N) is 1. The van der Waals surface area contributed by atoms with Crippen LogP contribution in [0.4, 0.5) is 0 Å². The monoisotopic (exact) mass is 277 g/mol. The molecule has 0 unspecified atom stereocenters. The Morgan fingerprint density at radius 3 is 2.62 bits per heavy atom. The van der Waals surface area contributed by atoms with E-state index in [4.69, 9.17) is 6.42 Å². The number of imide groups is 1. The lowest BCUT2D eigenvalue weighted by atomic mass is 10.1. The van der Waals surface area contributed by atoms with Crippen molar-refractivity contribution >= 4 is 27.7 Å². The van der Waals surface area contributed by atoms with Crippen LogP contribution in [0.2, 0.25) is 0 Å². The van der Waals surface area contributed by atoms with Gasteiger partial charge in [0.05, 0.1) is 11.1 Å². The summed E-state index contributed by atoms with van der Waals surface area (Å²) in [5.74, 6) is 1.89. The molecule has 0 radical (unpaired) electrons. The van der Waals surface area contributed by atoms with Crippen LogP contribution in [-0.4, -0.2) is 23.3 Å². The van der Waals surface area contributed by atoms with Crippen LogP contribution in [0.3, 0.4) is 0 Å². The normalized spacial score (nSPS) is 13.9. The van der Waals surface area contributed by atoms with Crippen molar-refractivity contribution in [3.8, 4) is 12.3 Å². The summed E-state index contributed by atoms with van der Waals surface area (Å²) in [5.41, 5.74) is 0.890. The lowest BCUT2D eigenvalue weighted by Crippen LogP contribution is -2.30. The molecule has 0 bridgehead atoms. The number of halogens is 1. The van der Waals surface area contributed by atoms with Crippen molar-refractivity contribution < 1.29 is 9.59 Å². The SMILES string of the molecule is C#CCCN1C(=O)c2ccc(Br)cc2C1=O. The topological polar surface area (TPSA) is 37.4 Å². The first kappa shape index (κ1) is 10.9. The number of benzene rings is 1. The van der Waals surface area contributed by atoms with Crippen LogP contribution in [-0.2, 0) is 0 Å². The van der Waals surface area contributed by atoms with E-state index in [9.17, 15) is 9.59 Å². The molecule has 0 aromatic heterocycles. The first-order chi connectivity index (χ1) is 7.65. The summed E-state index contributed by atoms with van der Waals surface area (Å²) in [6.45, 7) is 0.278. The molecule has 1 aliphatic heterocycles. The van der Waals surface area contributed by atoms with Gasteiger partial charge in [-0.2, -0.15) is 0 Å². The highest BCUT2D eigenvalue weighted by Gasteiger charge is 2.34. The molecule has 1 heterocycles. The summed E-state index contributed by atoms with van der Waals surface area (Å²) >= 11 is 3.27. The van der Waals surface area contributed by atoms with Crippen molar-refractivity contribution in [3.63, 3.8) is 0 Å². The Labute approximate surface area is 102 Å². The summed E-state index contributed by atoms with van der Waals surface area (Å²) in [4.78, 5) is 24.9. The number of terminal acetylenes is 1. The molecule has 0 atom stereocenters. The number of rotatable bonds is 2. The molecule has 2 rings (SSSR count). The fourth-order valence-electron chi connectivity index (χ4n) is 1.64. The van der Waals surface area contributed by atoms with Gasteiger partial charge in [-0.3, -0.25) is 14.5 Å². The average molecular weight is 278 g/mol. The summed E-state index contributed by atoms with van der Waals surface area (Å²) in [6.07, 6.45) is 5.50. The third-order valence-corrected chi connectivity index (χ3v) is 2.91. The molecule has 0 saturated carbocycles. The van der Waals surface area contributed by atoms with E-state index in [2.05, 4.69) is 21.9 Å². The number of fused-ring (bicyclic) bond motifs is 1. The molecule has 1 aromatic carbocycles. The minimum atomic E-state index is -0.267. The first-order valence-electron chi connectivity index (χ1n) is 4.74. The van der Waals surface area contributed by atoms with Crippen LogP contribution >= 0.6 is 15.9 Å². The fourth-order valence-corrected chi connectivity index (χ4v) is 2.00. The number of carbonyl (C=O) groups excluding carboxylic acids is 2. The van der Waals surface area contributed by atoms with Gasteiger partial charge in [0, 0.05) is 17.4 Å². The standard InChI is InChI=1S/C12H8BrNO2/c1-2-3-6-14-11(15)9-5-4-8(13)7-10(9)12(14)16/h1,4-5,7H,3,6H2. The van der Waals surface area contributed by atoms with Gasteiger partial charge in [-0.1, -0.05) is 15.9 Å². The second-order valence-corrected chi connectivity index (χ2v) is 4.32. The zero-order chi connectivity index (χ0) is 11.7. The van der Waals surface area contributed by atoms with Crippen molar-refractivity contribution in [2.24, 2.45) is 0 Å². The molecule has 0 fully saturated rings. The maximum absolute atomic E-state index is 11.9. The van der Waals surface area contributed by atoms with Crippen LogP contribution in [0.5, 0.6) is 0 Å². The molecule has 80 valence electrons. The third-order valence-electron chi connectivity index (χ3n) is 2.41. The average Bonchev–Trinajstić information content (AvgIpc) is 2.50. The summed E-state index contributed by atoms with van der Waals surface area (Å²) in [7, 11) is 0. The molecular weight excluding hydrogens is 270 g/mol. The second-order valence-electron chi connectivity index (χ2n) is 3.41. The Kier molecular flexibility index (Phi) is 2.80. The summed E-state index contributed by atoms with van der Waals surface area (Å²) < 4.78 is 0.784. The Hall–Kier alpha value is -1.60. The van der Waals surface area contributed by atoms with Crippen LogP contribution in [0.1, 0.15) is 27.1 Å². The summed E-state index contributed by atoms with van der Waals surface area (Å²) in [6, 6.07) is 5.05. The highest BCUT2D eigenvalue weighted by Crippen LogP contribution is 2.25. The maximum atomic E-state index is 11.9. The van der Waals surface area contributed by atoms with Crippen molar-refractivity contribution in [2.75, 3.05) is 6.54 Å². The van der Waals surface area contributed by atoms with Crippen molar-refractivity contribution in [1.29, 1.82) is 0 Å². The van der Waals surface area contributed by atoms with Crippen LogP contribution < -0.4 is 0 Å². The fraction of sp³-hybridized carbons (Fsp3) is 0.167. The van der Waals surface area contributed by atoms with Gasteiger partial charge >= 0.3 is 0 Å². The van der Waals surface area contributed by atoms with Crippen molar-refractivity contribution in [2.45, 2.75) is 6.42 Å². The molecule has 16 heavy (non-hydrogen) atoms. The largest absolute Gasteiger partial charge is 0.273 e. The Morgan fingerprint density at radius 2 is 1.94 bits per heavy atom. The lowest BCUT2D eigenvalue weighted by molar-refractivity contribution is 0.0658. The Bertz CT molecular complexity index is 516. The second kappa shape index (κ2) is 4.11. The Morgan fingerprint density at radius 1 is 1.25 bits per heavy atom. The zero-order valence-corrected chi connectivity index (χ0v) is 9.95. The smallest absolute Gasteiger partial charge is 0.261 e. The molecule has 1 aliphatic rings. The molecule has 0 N–H and O–H groups in total. The molecule has 0 spiro atoms. The quantitative estimate of drug-likeness (QED) is 0.613. The first-order valence-corrected chi connectivity index (χ1v) is 5.53. The van der Waals surface area contributed by atoms with E-state index in [0.29, 0.717) is 17.5 Å². The molecule has 0 aliphatic carbocycles. The highest BCUT2D eigenvalue weighted by molar-refractivity contribution is 9.10. The number of amides is 2. The lowest BCUT2D eigenvalue weighted by Gasteiger charge is -2.10. The van der Waals surface area contributed by atoms with E-state index in [-0.39, 0.29) is 18.4 Å². The predicted octanol–water partition coefficient (Wildman–Crippen LogP) is 2.07. The summed E-state index contributed by atoms with van der Waals surface area (Å²) in [5, 5.41) is 0. The van der Waals surface area contributed by atoms with E-state index in [0.717, 1.165) is 4.47 Å². The minimum absolute atomic E-state index is 0.261. The number of hydrogen-bond donors (Lipinski definition) is 0. The van der Waals surface area contributed by atoms with Crippen molar-refractivity contribution in [3.05, 3.63) is 33.8 Å². The van der Waals surface area contributed by atoms with Gasteiger partial charge in [0.1, 0.15) is 0 Å². The highest BCUT2D eigenvalue weighted by atomic mass is 79.9. The van der Waals surface area contributed by atoms with E-state index < -0.39 is 0 Å². The van der Waals surface area contributed by atoms with E-state index in [1.165, 1.54) is 4.90 Å². The van der Waals surface area contributed by atoms with Gasteiger partial charge in [-0.25, -0.2) is 0 Å². The maximum Gasteiger partial charge on any atom is 0.261 e. The van der Waals surface area contributed by atoms with Gasteiger partial charge in [0.25, 0.3) is 11.8 Å². The van der Waals surface area contributed by atoms with Gasteiger partial charge < -0.3 is 0 Å². The molecular formula is C12H8BrNO2. The molecule has 3 nitrogen and oxygen atoms in total. The van der Waals surface area contributed by atoms with Crippen LogP contribution in [0, 0.1) is 12.3 Å². The number of hydrogen-bond acceptors (Lipinski definition) is 2. The van der Waals surface area contributed by atoms with Crippen LogP contribution in [0.15, 0.2) is 22.7 Å². The molecule has 0 saturated heterocycles. The van der Waals surface area contributed by atoms with Gasteiger partial charge in [-0.05, 0) is 18.2 Å². The number of carbonyl (C=O) groups is 2. The van der Waals surface area contributed by atoms with Gasteiger partial charge in [0.15, 0.2) is 0 Å². The van der Waals surface area contributed by atoms with Crippen LogP contribution in [0.25, 0.3) is 0 Å². The molecule has 2 amide bonds.